The number of ether oxygens (including phenoxy) is 6. The molecule has 5 rings (SSSR count). The van der Waals surface area contributed by atoms with Crippen LogP contribution in [-0.4, -0.2) is 83.6 Å². The smallest absolute Gasteiger partial charge is 0.339 e. The zero-order valence-corrected chi connectivity index (χ0v) is 28.0. The molecule has 4 fully saturated rings. The van der Waals surface area contributed by atoms with Gasteiger partial charge in [0.05, 0.1) is 23.5 Å². The Hall–Kier alpha value is -4.39. The van der Waals surface area contributed by atoms with E-state index in [0.29, 0.717) is 0 Å². The molecule has 0 spiro atoms. The van der Waals surface area contributed by atoms with Gasteiger partial charge >= 0.3 is 29.8 Å². The molecule has 258 valence electrons. The molecule has 13 nitrogen and oxygen atoms in total. The summed E-state index contributed by atoms with van der Waals surface area (Å²) in [5.74, 6) is -8.64. The van der Waals surface area contributed by atoms with Crippen LogP contribution in [0.25, 0.3) is 0 Å². The van der Waals surface area contributed by atoms with Crippen LogP contribution in [0.5, 0.6) is 0 Å². The van der Waals surface area contributed by atoms with Gasteiger partial charge in [0.15, 0.2) is 28.9 Å². The molecule has 1 heterocycles. The molecule has 13 heteroatoms. The fourth-order valence-corrected chi connectivity index (χ4v) is 8.51. The topological polar surface area (TPSA) is 175 Å². The largest absolute Gasteiger partial charge is 0.461 e. The first kappa shape index (κ1) is 34.9. The van der Waals surface area contributed by atoms with Gasteiger partial charge < -0.3 is 28.4 Å². The Balaban J connectivity index is 1.87. The number of ketones is 2. The number of rotatable bonds is 6. The highest BCUT2D eigenvalue weighted by Gasteiger charge is 2.80. The van der Waals surface area contributed by atoms with Gasteiger partial charge in [-0.15, -0.1) is 0 Å². The molecule has 0 aromatic heterocycles. The van der Waals surface area contributed by atoms with Crippen LogP contribution >= 0.6 is 0 Å². The lowest BCUT2D eigenvalue weighted by Crippen LogP contribution is -2.82. The van der Waals surface area contributed by atoms with E-state index < -0.39 is 106 Å². The lowest BCUT2D eigenvalue weighted by molar-refractivity contribution is -0.318. The van der Waals surface area contributed by atoms with Crippen LogP contribution in [-0.2, 0) is 57.2 Å². The molecule has 0 radical (unpaired) electrons. The first-order valence-electron chi connectivity index (χ1n) is 15.7. The van der Waals surface area contributed by atoms with Crippen LogP contribution in [0.4, 0.5) is 0 Å². The second-order valence-corrected chi connectivity index (χ2v) is 13.8. The zero-order chi connectivity index (χ0) is 35.6. The number of carbonyl (C=O) groups is 7. The molecule has 1 aliphatic heterocycles. The van der Waals surface area contributed by atoms with Gasteiger partial charge in [-0.25, -0.2) is 4.79 Å². The van der Waals surface area contributed by atoms with Gasteiger partial charge in [0.25, 0.3) is 0 Å². The van der Waals surface area contributed by atoms with Crippen LogP contribution in [0.15, 0.2) is 42.5 Å². The predicted molar refractivity (Wildman–Crippen MR) is 163 cm³/mol. The Morgan fingerprint density at radius 2 is 1.42 bits per heavy atom. The van der Waals surface area contributed by atoms with Crippen molar-refractivity contribution >= 4 is 41.4 Å². The number of hydrogen-bond donors (Lipinski definition) is 0. The highest BCUT2D eigenvalue weighted by Crippen LogP contribution is 2.64. The molecular formula is C35H40O13. The maximum Gasteiger partial charge on any atom is 0.339 e. The third kappa shape index (κ3) is 5.13. The summed E-state index contributed by atoms with van der Waals surface area (Å²) in [6.45, 7) is 12.9. The van der Waals surface area contributed by atoms with Crippen molar-refractivity contribution in [2.45, 2.75) is 96.9 Å². The first-order chi connectivity index (χ1) is 22.3. The molecule has 48 heavy (non-hydrogen) atoms. The van der Waals surface area contributed by atoms with Crippen molar-refractivity contribution < 1.29 is 62.0 Å². The SMILES string of the molecule is C=C1[C@@H](OC(C)=O)C[C@@]2(OC(=O)c3ccccc3)C(=O)[C@@H]3[C@]4(OC(C)=O)CO[C@@H]4C[C@H](OC(C)=O)[C@@]3(C)C(=O)[C@@H](OC(C)=O)[C@@H]1C2(C)C. The molecule has 0 unspecified atom stereocenters. The Morgan fingerprint density at radius 1 is 0.812 bits per heavy atom. The number of esters is 5. The predicted octanol–water partition coefficient (Wildman–Crippen LogP) is 2.86. The third-order valence-electron chi connectivity index (χ3n) is 10.6. The quantitative estimate of drug-likeness (QED) is 0.246. The van der Waals surface area contributed by atoms with E-state index in [2.05, 4.69) is 6.58 Å². The lowest BCUT2D eigenvalue weighted by Gasteiger charge is -2.66. The molecule has 3 aliphatic carbocycles. The van der Waals surface area contributed by atoms with Gasteiger partial charge in [-0.05, 0) is 24.6 Å². The molecule has 0 N–H and O–H groups in total. The average molecular weight is 669 g/mol. The van der Waals surface area contributed by atoms with Gasteiger partial charge in [-0.2, -0.15) is 0 Å². The van der Waals surface area contributed by atoms with Gasteiger partial charge in [0.2, 0.25) is 0 Å². The van der Waals surface area contributed by atoms with Crippen LogP contribution < -0.4 is 0 Å². The van der Waals surface area contributed by atoms with Gasteiger partial charge in [0.1, 0.15) is 18.3 Å². The Morgan fingerprint density at radius 3 is 1.94 bits per heavy atom. The van der Waals surface area contributed by atoms with E-state index in [1.165, 1.54) is 19.1 Å². The van der Waals surface area contributed by atoms with Crippen molar-refractivity contribution in [1.29, 1.82) is 0 Å². The first-order valence-corrected chi connectivity index (χ1v) is 15.7. The summed E-state index contributed by atoms with van der Waals surface area (Å²) in [5, 5.41) is 0. The number of fused-ring (bicyclic) bond motifs is 5. The second kappa shape index (κ2) is 11.9. The Labute approximate surface area is 277 Å². The number of Topliss-reactive ketones (excluding diaryl/α,β-unsaturated/α-hetero) is 2. The number of hydrogen-bond acceptors (Lipinski definition) is 13. The lowest BCUT2D eigenvalue weighted by atomic mass is 9.43. The van der Waals surface area contributed by atoms with E-state index in [-0.39, 0.29) is 24.2 Å². The van der Waals surface area contributed by atoms with E-state index in [9.17, 15) is 24.0 Å². The molecule has 1 aromatic carbocycles. The summed E-state index contributed by atoms with van der Waals surface area (Å²) in [6.07, 6.45) is -5.90. The molecule has 0 amide bonds. The maximum absolute atomic E-state index is 15.8. The second-order valence-electron chi connectivity index (χ2n) is 13.8. The van der Waals surface area contributed by atoms with Crippen LogP contribution in [0, 0.1) is 22.7 Å². The minimum atomic E-state index is -2.23. The Bertz CT molecular complexity index is 1600. The van der Waals surface area contributed by atoms with Gasteiger partial charge in [-0.3, -0.25) is 28.8 Å². The van der Waals surface area contributed by atoms with Gasteiger partial charge in [0, 0.05) is 51.9 Å². The third-order valence-corrected chi connectivity index (χ3v) is 10.6. The van der Waals surface area contributed by atoms with Gasteiger partial charge in [-0.1, -0.05) is 38.6 Å². The summed E-state index contributed by atoms with van der Waals surface area (Å²) in [5.41, 5.74) is -7.36. The van der Waals surface area contributed by atoms with Crippen molar-refractivity contribution in [3.63, 3.8) is 0 Å². The van der Waals surface area contributed by atoms with Crippen molar-refractivity contribution in [3.8, 4) is 0 Å². The highest BCUT2D eigenvalue weighted by molar-refractivity contribution is 6.04. The molecule has 9 atom stereocenters. The molecule has 3 saturated carbocycles. The molecular weight excluding hydrogens is 628 g/mol. The fraction of sp³-hybridized carbons (Fsp3) is 0.571. The van der Waals surface area contributed by atoms with E-state index in [4.69, 9.17) is 28.4 Å². The minimum Gasteiger partial charge on any atom is -0.461 e. The van der Waals surface area contributed by atoms with E-state index in [1.54, 1.807) is 32.0 Å². The molecule has 1 aromatic rings. The number of carbonyl (C=O) groups excluding carboxylic acids is 7. The summed E-state index contributed by atoms with van der Waals surface area (Å²) in [4.78, 5) is 95.3. The van der Waals surface area contributed by atoms with E-state index in [0.717, 1.165) is 27.7 Å². The van der Waals surface area contributed by atoms with Crippen LogP contribution in [0.2, 0.25) is 0 Å². The van der Waals surface area contributed by atoms with Crippen molar-refractivity contribution in [1.82, 2.24) is 0 Å². The average Bonchev–Trinajstić information content (AvgIpc) is 2.98. The standard InChI is InChI=1S/C35H40O13/c1-17-23(44-18(2)36)15-35(48-31(42)22-12-10-9-11-13-22)30(41)28-33(8,29(40)27(46-20(4)38)26(17)32(35,6)7)24(45-19(3)37)14-25-34(28,16-43-25)47-21(5)39/h9-13,23-28H,1,14-16H2,2-8H3/t23-,24-,25+,26+,27-,28-,33+,34-,35+/m0/s1. The zero-order valence-electron chi connectivity index (χ0n) is 28.0. The molecule has 2 bridgehead atoms. The van der Waals surface area contributed by atoms with Crippen molar-refractivity contribution in [2.75, 3.05) is 6.61 Å². The number of benzene rings is 1. The summed E-state index contributed by atoms with van der Waals surface area (Å²) < 4.78 is 35.3. The Kier molecular flexibility index (Phi) is 8.69. The summed E-state index contributed by atoms with van der Waals surface area (Å²) in [6, 6.07) is 7.89. The van der Waals surface area contributed by atoms with Crippen molar-refractivity contribution in [3.05, 3.63) is 48.0 Å². The monoisotopic (exact) mass is 668 g/mol. The normalized spacial score (nSPS) is 36.4. The van der Waals surface area contributed by atoms with Crippen LogP contribution in [0.1, 0.15) is 71.7 Å². The summed E-state index contributed by atoms with van der Waals surface area (Å²) in [7, 11) is 0. The van der Waals surface area contributed by atoms with Crippen molar-refractivity contribution in [2.24, 2.45) is 22.7 Å². The fourth-order valence-electron chi connectivity index (χ4n) is 8.51. The molecule has 1 saturated heterocycles. The van der Waals surface area contributed by atoms with E-state index in [1.807, 2.05) is 0 Å². The highest BCUT2D eigenvalue weighted by atomic mass is 16.6. The van der Waals surface area contributed by atoms with E-state index >= 15 is 9.59 Å². The molecule has 4 aliphatic rings. The summed E-state index contributed by atoms with van der Waals surface area (Å²) >= 11 is 0. The van der Waals surface area contributed by atoms with Crippen LogP contribution in [0.3, 0.4) is 0 Å². The maximum atomic E-state index is 15.8. The minimum absolute atomic E-state index is 0.0962.